The van der Waals surface area contributed by atoms with Crippen LogP contribution in [0, 0.1) is 42.9 Å². The van der Waals surface area contributed by atoms with Crippen LogP contribution in [-0.2, 0) is 0 Å². The highest BCUT2D eigenvalue weighted by Gasteiger charge is 2.40. The van der Waals surface area contributed by atoms with Crippen LogP contribution >= 0.6 is 0 Å². The summed E-state index contributed by atoms with van der Waals surface area (Å²) in [5.74, 6) is -0.424. The molecule has 0 amide bonds. The van der Waals surface area contributed by atoms with Crippen LogP contribution in [0.4, 0.5) is 13.2 Å². The van der Waals surface area contributed by atoms with Crippen molar-refractivity contribution in [3.63, 3.8) is 0 Å². The van der Waals surface area contributed by atoms with Gasteiger partial charge in [-0.1, -0.05) is 82.8 Å². The van der Waals surface area contributed by atoms with Gasteiger partial charge in [0.1, 0.15) is 0 Å². The zero-order valence-electron chi connectivity index (χ0n) is 21.5. The molecule has 5 atom stereocenters. The van der Waals surface area contributed by atoms with Crippen LogP contribution in [0.2, 0.25) is 0 Å². The maximum absolute atomic E-state index is 13.2. The molecule has 2 aliphatic rings. The Hall–Kier alpha value is -2.43. The van der Waals surface area contributed by atoms with Gasteiger partial charge in [-0.2, -0.15) is 31.2 Å². The van der Waals surface area contributed by atoms with Crippen LogP contribution in [0.5, 0.6) is 0 Å². The summed E-state index contributed by atoms with van der Waals surface area (Å²) < 4.78 is 39.5. The van der Waals surface area contributed by atoms with E-state index in [1.54, 1.807) is 13.1 Å². The molecule has 0 bridgehead atoms. The summed E-state index contributed by atoms with van der Waals surface area (Å²) in [6.07, 6.45) is 4.24. The third-order valence-electron chi connectivity index (χ3n) is 8.84. The Labute approximate surface area is 208 Å². The number of pyridine rings is 1. The third kappa shape index (κ3) is 5.24. The standard InChI is InChI=1S/C30H38F3N2/c1-17-9-11-24-20(4)25(23-7-6-8-23)15-27(29(34)26(24)13-17)28-12-10-22(16-35-28)14-18(2)19(3)21(5)30(31,32)33/h9-14,16,18-21,23,25H,6-8,15,34H2,1-5H3/q-1. The Bertz CT molecular complexity index is 1070. The number of nitrogens with zero attached hydrogens (tertiary/aromatic N) is 1. The van der Waals surface area contributed by atoms with E-state index in [0.29, 0.717) is 17.8 Å². The number of aromatic nitrogens is 1. The molecule has 1 fully saturated rings. The molecule has 1 aromatic carbocycles. The Balaban J connectivity index is 1.61. The molecule has 2 aliphatic carbocycles. The van der Waals surface area contributed by atoms with Crippen LogP contribution in [0.1, 0.15) is 87.2 Å². The van der Waals surface area contributed by atoms with Crippen molar-refractivity contribution in [3.8, 4) is 0 Å². The summed E-state index contributed by atoms with van der Waals surface area (Å²) in [6.45, 7) is 9.20. The predicted octanol–water partition coefficient (Wildman–Crippen LogP) is 8.16. The summed E-state index contributed by atoms with van der Waals surface area (Å²) in [6, 6.07) is 10.6. The van der Waals surface area contributed by atoms with E-state index >= 15 is 0 Å². The zero-order chi connectivity index (χ0) is 25.5. The minimum atomic E-state index is -4.18. The van der Waals surface area contributed by atoms with Gasteiger partial charge in [-0.3, -0.25) is 0 Å². The Morgan fingerprint density at radius 2 is 1.80 bits per heavy atom. The normalized spacial score (nSPS) is 23.7. The first kappa shape index (κ1) is 25.7. The molecule has 5 unspecified atom stereocenters. The van der Waals surface area contributed by atoms with Crippen molar-refractivity contribution in [1.29, 1.82) is 0 Å². The number of allylic oxidation sites excluding steroid dienone is 1. The number of halogens is 3. The summed E-state index contributed by atoms with van der Waals surface area (Å²) in [4.78, 5) is 4.77. The van der Waals surface area contributed by atoms with Gasteiger partial charge >= 0.3 is 6.18 Å². The largest absolute Gasteiger partial charge is 0.398 e. The van der Waals surface area contributed by atoms with E-state index in [1.807, 2.05) is 25.5 Å². The fraction of sp³-hybridized carbons (Fsp3) is 0.533. The monoisotopic (exact) mass is 483 g/mol. The van der Waals surface area contributed by atoms with Gasteiger partial charge in [0.05, 0.1) is 5.92 Å². The number of rotatable bonds is 6. The Morgan fingerprint density at radius 1 is 1.09 bits per heavy atom. The lowest BCUT2D eigenvalue weighted by Crippen LogP contribution is -2.30. The van der Waals surface area contributed by atoms with Crippen LogP contribution in [0.25, 0.3) is 11.3 Å². The number of nitrogens with two attached hydrogens (primary N) is 1. The first-order chi connectivity index (χ1) is 16.5. The molecule has 190 valence electrons. The van der Waals surface area contributed by atoms with E-state index in [1.165, 1.54) is 37.3 Å². The molecular weight excluding hydrogens is 445 g/mol. The van der Waals surface area contributed by atoms with Crippen LogP contribution < -0.4 is 5.73 Å². The van der Waals surface area contributed by atoms with E-state index in [0.717, 1.165) is 34.5 Å². The van der Waals surface area contributed by atoms with Gasteiger partial charge in [0, 0.05) is 17.0 Å². The maximum Gasteiger partial charge on any atom is 0.391 e. The maximum atomic E-state index is 13.2. The topological polar surface area (TPSA) is 38.9 Å². The molecule has 2 N–H and O–H groups in total. The molecule has 1 heterocycles. The molecule has 1 aromatic heterocycles. The van der Waals surface area contributed by atoms with Gasteiger partial charge in [-0.05, 0) is 54.2 Å². The SMILES string of the molecule is Cc1ccc2c(c1)C(N)=C(c1ccc([CH-]C(C)C(C)C(C)C(F)(F)F)cn1)CC(C1CCC1)C2C. The highest BCUT2D eigenvalue weighted by molar-refractivity contribution is 5.90. The van der Waals surface area contributed by atoms with Crippen LogP contribution in [0.3, 0.4) is 0 Å². The number of hydrogen-bond donors (Lipinski definition) is 1. The first-order valence-electron chi connectivity index (χ1n) is 12.9. The average Bonchev–Trinajstić information content (AvgIpc) is 2.87. The zero-order valence-corrected chi connectivity index (χ0v) is 21.5. The lowest BCUT2D eigenvalue weighted by molar-refractivity contribution is -0.185. The van der Waals surface area contributed by atoms with Gasteiger partial charge < -0.3 is 10.7 Å². The molecule has 1 saturated carbocycles. The van der Waals surface area contributed by atoms with Crippen LogP contribution in [-0.4, -0.2) is 11.2 Å². The van der Waals surface area contributed by atoms with Gasteiger partial charge in [-0.25, -0.2) is 0 Å². The van der Waals surface area contributed by atoms with E-state index < -0.39 is 18.0 Å². The van der Waals surface area contributed by atoms with Crippen molar-refractivity contribution in [2.45, 2.75) is 72.4 Å². The van der Waals surface area contributed by atoms with Crippen molar-refractivity contribution in [2.75, 3.05) is 0 Å². The molecule has 5 heteroatoms. The van der Waals surface area contributed by atoms with Gasteiger partial charge in [0.25, 0.3) is 0 Å². The fourth-order valence-corrected chi connectivity index (χ4v) is 5.79. The van der Waals surface area contributed by atoms with Crippen LogP contribution in [0.15, 0.2) is 36.5 Å². The number of fused-ring (bicyclic) bond motifs is 1. The van der Waals surface area contributed by atoms with E-state index in [4.69, 9.17) is 10.7 Å². The number of alkyl halides is 3. The number of benzene rings is 1. The summed E-state index contributed by atoms with van der Waals surface area (Å²) >= 11 is 0. The fourth-order valence-electron chi connectivity index (χ4n) is 5.79. The van der Waals surface area contributed by atoms with E-state index in [2.05, 4.69) is 32.0 Å². The van der Waals surface area contributed by atoms with Crippen molar-refractivity contribution in [1.82, 2.24) is 4.98 Å². The van der Waals surface area contributed by atoms with Crippen molar-refractivity contribution >= 4 is 11.3 Å². The highest BCUT2D eigenvalue weighted by Crippen LogP contribution is 2.49. The first-order valence-corrected chi connectivity index (χ1v) is 12.9. The predicted molar refractivity (Wildman–Crippen MR) is 137 cm³/mol. The molecule has 4 rings (SSSR count). The molecule has 35 heavy (non-hydrogen) atoms. The van der Waals surface area contributed by atoms with Gasteiger partial charge in [0.15, 0.2) is 0 Å². The number of hydrogen-bond acceptors (Lipinski definition) is 2. The molecule has 2 aromatic rings. The highest BCUT2D eigenvalue weighted by atomic mass is 19.4. The summed E-state index contributed by atoms with van der Waals surface area (Å²) in [5.41, 5.74) is 14.1. The van der Waals surface area contributed by atoms with Gasteiger partial charge in [-0.15, -0.1) is 0 Å². The molecule has 0 spiro atoms. The second-order valence-electron chi connectivity index (χ2n) is 11.0. The minimum absolute atomic E-state index is 0.222. The quantitative estimate of drug-likeness (QED) is 0.421. The molecule has 2 nitrogen and oxygen atoms in total. The Morgan fingerprint density at radius 3 is 2.37 bits per heavy atom. The minimum Gasteiger partial charge on any atom is -0.398 e. The summed E-state index contributed by atoms with van der Waals surface area (Å²) in [7, 11) is 0. The second kappa shape index (κ2) is 9.91. The smallest absolute Gasteiger partial charge is 0.391 e. The lowest BCUT2D eigenvalue weighted by Gasteiger charge is -2.37. The van der Waals surface area contributed by atoms with Crippen molar-refractivity contribution in [2.24, 2.45) is 35.3 Å². The summed E-state index contributed by atoms with van der Waals surface area (Å²) in [5, 5.41) is 0. The number of aryl methyl sites for hydroxylation is 1. The van der Waals surface area contributed by atoms with Gasteiger partial charge in [0.2, 0.25) is 0 Å². The third-order valence-corrected chi connectivity index (χ3v) is 8.84. The van der Waals surface area contributed by atoms with Crippen molar-refractivity contribution < 1.29 is 13.2 Å². The van der Waals surface area contributed by atoms with E-state index in [-0.39, 0.29) is 5.92 Å². The average molecular weight is 484 g/mol. The molecule has 0 aliphatic heterocycles. The second-order valence-corrected chi connectivity index (χ2v) is 11.0. The lowest BCUT2D eigenvalue weighted by atomic mass is 9.67. The van der Waals surface area contributed by atoms with E-state index in [9.17, 15) is 13.2 Å². The molecule has 0 radical (unpaired) electrons. The van der Waals surface area contributed by atoms with Crippen molar-refractivity contribution in [3.05, 3.63) is 70.9 Å². The molecular formula is C30H38F3N2-. The Kier molecular flexibility index (Phi) is 7.26. The molecule has 0 saturated heterocycles.